The van der Waals surface area contributed by atoms with Crippen LogP contribution in [0.1, 0.15) is 28.8 Å². The second-order valence-corrected chi connectivity index (χ2v) is 7.73. The summed E-state index contributed by atoms with van der Waals surface area (Å²) in [6, 6.07) is 7.65. The van der Waals surface area contributed by atoms with Crippen molar-refractivity contribution >= 4 is 23.0 Å². The van der Waals surface area contributed by atoms with Gasteiger partial charge < -0.3 is 9.80 Å². The highest BCUT2D eigenvalue weighted by Gasteiger charge is 2.48. The second-order valence-electron chi connectivity index (χ2n) is 7.73. The molecule has 0 radical (unpaired) electrons. The van der Waals surface area contributed by atoms with Gasteiger partial charge >= 0.3 is 0 Å². The van der Waals surface area contributed by atoms with Crippen LogP contribution in [-0.4, -0.2) is 61.4 Å². The number of nitrogens with zero attached hydrogens (tertiary/aromatic N) is 3. The summed E-state index contributed by atoms with van der Waals surface area (Å²) in [7, 11) is 5.90. The van der Waals surface area contributed by atoms with Crippen LogP contribution < -0.4 is 0 Å². The minimum atomic E-state index is -0.291. The van der Waals surface area contributed by atoms with Gasteiger partial charge in [-0.1, -0.05) is 30.3 Å². The number of allylic oxidation sites excluding steroid dienone is 2. The Morgan fingerprint density at radius 1 is 1.15 bits per heavy atom. The van der Waals surface area contributed by atoms with Gasteiger partial charge in [-0.25, -0.2) is 0 Å². The Labute approximate surface area is 160 Å². The molecule has 140 valence electrons. The molecule has 5 nitrogen and oxygen atoms in total. The number of amides is 1. The number of carbonyl (C=O) groups is 2. The molecule has 0 spiro atoms. The lowest BCUT2D eigenvalue weighted by Crippen LogP contribution is -2.46. The maximum absolute atomic E-state index is 13.4. The summed E-state index contributed by atoms with van der Waals surface area (Å²) in [6.45, 7) is 1.70. The maximum atomic E-state index is 13.4. The number of hydrogen-bond acceptors (Lipinski definition) is 4. The molecule has 2 unspecified atom stereocenters. The van der Waals surface area contributed by atoms with Crippen LogP contribution in [0.5, 0.6) is 0 Å². The van der Waals surface area contributed by atoms with Crippen LogP contribution in [-0.2, 0) is 4.79 Å². The third kappa shape index (κ3) is 2.96. The van der Waals surface area contributed by atoms with Gasteiger partial charge in [0.2, 0.25) is 0 Å². The van der Waals surface area contributed by atoms with E-state index in [4.69, 9.17) is 4.99 Å². The summed E-state index contributed by atoms with van der Waals surface area (Å²) >= 11 is 0. The molecule has 2 atom stereocenters. The van der Waals surface area contributed by atoms with Crippen molar-refractivity contribution in [3.8, 4) is 0 Å². The van der Waals surface area contributed by atoms with Crippen molar-refractivity contribution in [2.24, 2.45) is 16.8 Å². The Hall–Kier alpha value is -2.53. The zero-order valence-corrected chi connectivity index (χ0v) is 16.1. The van der Waals surface area contributed by atoms with Gasteiger partial charge in [0.25, 0.3) is 5.91 Å². The van der Waals surface area contributed by atoms with Crippen LogP contribution in [0.15, 0.2) is 47.1 Å². The van der Waals surface area contributed by atoms with Gasteiger partial charge in [0, 0.05) is 49.0 Å². The van der Waals surface area contributed by atoms with E-state index in [9.17, 15) is 9.59 Å². The number of aliphatic imine (C=N–C) groups is 1. The summed E-state index contributed by atoms with van der Waals surface area (Å²) < 4.78 is 0. The van der Waals surface area contributed by atoms with E-state index in [1.54, 1.807) is 18.0 Å². The predicted octanol–water partition coefficient (Wildman–Crippen LogP) is 2.65. The lowest BCUT2D eigenvalue weighted by Gasteiger charge is -2.43. The molecule has 0 aromatic heterocycles. The summed E-state index contributed by atoms with van der Waals surface area (Å²) in [5, 5.41) is 0. The predicted molar refractivity (Wildman–Crippen MR) is 107 cm³/mol. The molecule has 1 amide bonds. The number of likely N-dealkylation sites (N-methyl/N-ethyl adjacent to an activating group) is 1. The van der Waals surface area contributed by atoms with Gasteiger partial charge in [-0.15, -0.1) is 0 Å². The number of hydrogen-bond donors (Lipinski definition) is 0. The van der Waals surface area contributed by atoms with E-state index in [0.29, 0.717) is 12.0 Å². The molecule has 0 saturated carbocycles. The SMILES string of the molecule is CN(C)CCCN=C1CC=C2C3C(=CC(=O)N2C)c2ccccc2C(=O)C13. The van der Waals surface area contributed by atoms with Crippen molar-refractivity contribution in [1.29, 1.82) is 0 Å². The van der Waals surface area contributed by atoms with Gasteiger partial charge in [-0.05, 0) is 38.2 Å². The van der Waals surface area contributed by atoms with Gasteiger partial charge in [0.05, 0.1) is 5.92 Å². The molecule has 0 bridgehead atoms. The zero-order chi connectivity index (χ0) is 19.1. The minimum Gasteiger partial charge on any atom is -0.315 e. The Balaban J connectivity index is 1.77. The molecule has 1 aromatic rings. The first-order chi connectivity index (χ1) is 13.0. The van der Waals surface area contributed by atoms with Gasteiger partial charge in [-0.2, -0.15) is 0 Å². The molecule has 27 heavy (non-hydrogen) atoms. The molecule has 5 heteroatoms. The van der Waals surface area contributed by atoms with Crippen molar-refractivity contribution in [1.82, 2.24) is 9.80 Å². The minimum absolute atomic E-state index is 0.0261. The van der Waals surface area contributed by atoms with E-state index in [1.165, 1.54) is 0 Å². The van der Waals surface area contributed by atoms with E-state index in [2.05, 4.69) is 25.1 Å². The smallest absolute Gasteiger partial charge is 0.250 e. The lowest BCUT2D eigenvalue weighted by molar-refractivity contribution is -0.123. The fourth-order valence-corrected chi connectivity index (χ4v) is 4.40. The van der Waals surface area contributed by atoms with Crippen LogP contribution in [0.25, 0.3) is 5.57 Å². The average Bonchev–Trinajstić information content (AvgIpc) is 2.66. The zero-order valence-electron chi connectivity index (χ0n) is 16.1. The summed E-state index contributed by atoms with van der Waals surface area (Å²) in [6.07, 6.45) is 5.39. The molecule has 4 rings (SSSR count). The largest absolute Gasteiger partial charge is 0.315 e. The maximum Gasteiger partial charge on any atom is 0.250 e. The fourth-order valence-electron chi connectivity index (χ4n) is 4.40. The molecular weight excluding hydrogens is 338 g/mol. The highest BCUT2D eigenvalue weighted by Crippen LogP contribution is 2.48. The van der Waals surface area contributed by atoms with Crippen molar-refractivity contribution < 1.29 is 9.59 Å². The first-order valence-electron chi connectivity index (χ1n) is 9.50. The molecule has 1 aromatic carbocycles. The first-order valence-corrected chi connectivity index (χ1v) is 9.50. The Morgan fingerprint density at radius 3 is 2.63 bits per heavy atom. The highest BCUT2D eigenvalue weighted by atomic mass is 16.2. The monoisotopic (exact) mass is 363 g/mol. The standard InChI is InChI=1S/C22H25N3O2/c1-24(2)12-6-11-23-17-9-10-18-20-16(13-19(26)25(18)3)14-7-4-5-8-15(14)22(27)21(17)20/h4-5,7-8,10,13,20-21H,6,9,11-12H2,1-3H3. The number of rotatable bonds is 4. The molecule has 0 saturated heterocycles. The summed E-state index contributed by atoms with van der Waals surface area (Å²) in [5.41, 5.74) is 4.47. The van der Waals surface area contributed by atoms with E-state index in [-0.39, 0.29) is 23.5 Å². The van der Waals surface area contributed by atoms with Crippen LogP contribution in [0.2, 0.25) is 0 Å². The molecule has 0 fully saturated rings. The number of Topliss-reactive ketones (excluding diaryl/α,β-unsaturated/α-hetero) is 1. The van der Waals surface area contributed by atoms with Crippen molar-refractivity contribution in [3.05, 3.63) is 53.2 Å². The van der Waals surface area contributed by atoms with Gasteiger partial charge in [0.1, 0.15) is 0 Å². The van der Waals surface area contributed by atoms with Crippen LogP contribution >= 0.6 is 0 Å². The molecule has 3 aliphatic rings. The normalized spacial score (nSPS) is 25.3. The number of carbonyl (C=O) groups excluding carboxylic acids is 2. The second kappa shape index (κ2) is 6.89. The Kier molecular flexibility index (Phi) is 4.56. The number of benzene rings is 1. The third-order valence-corrected chi connectivity index (χ3v) is 5.73. The average molecular weight is 363 g/mol. The number of ketones is 1. The van der Waals surface area contributed by atoms with E-state index in [0.717, 1.165) is 42.1 Å². The highest BCUT2D eigenvalue weighted by molar-refractivity contribution is 6.20. The van der Waals surface area contributed by atoms with E-state index >= 15 is 0 Å². The van der Waals surface area contributed by atoms with Crippen molar-refractivity contribution in [2.75, 3.05) is 34.2 Å². The van der Waals surface area contributed by atoms with Crippen LogP contribution in [0.3, 0.4) is 0 Å². The van der Waals surface area contributed by atoms with E-state index in [1.807, 2.05) is 24.3 Å². The van der Waals surface area contributed by atoms with E-state index < -0.39 is 0 Å². The quantitative estimate of drug-likeness (QED) is 0.773. The lowest BCUT2D eigenvalue weighted by atomic mass is 9.64. The fraction of sp³-hybridized carbons (Fsp3) is 0.409. The summed E-state index contributed by atoms with van der Waals surface area (Å²) in [5.74, 6) is -0.285. The molecule has 2 aliphatic carbocycles. The number of fused-ring (bicyclic) bond motifs is 2. The molecule has 1 aliphatic heterocycles. The Morgan fingerprint density at radius 2 is 1.89 bits per heavy atom. The molecule has 0 N–H and O–H groups in total. The molecule has 1 heterocycles. The first kappa shape index (κ1) is 17.9. The van der Waals surface area contributed by atoms with Crippen LogP contribution in [0, 0.1) is 11.8 Å². The van der Waals surface area contributed by atoms with Gasteiger partial charge in [0.15, 0.2) is 5.78 Å². The van der Waals surface area contributed by atoms with Gasteiger partial charge in [-0.3, -0.25) is 14.6 Å². The Bertz CT molecular complexity index is 895. The summed E-state index contributed by atoms with van der Waals surface area (Å²) in [4.78, 5) is 34.5. The van der Waals surface area contributed by atoms with Crippen LogP contribution in [0.4, 0.5) is 0 Å². The van der Waals surface area contributed by atoms with Crippen molar-refractivity contribution in [3.63, 3.8) is 0 Å². The third-order valence-electron chi connectivity index (χ3n) is 5.73. The van der Waals surface area contributed by atoms with Crippen molar-refractivity contribution in [2.45, 2.75) is 12.8 Å². The molecular formula is C22H25N3O2. The topological polar surface area (TPSA) is 53.0 Å².